The van der Waals surface area contributed by atoms with Gasteiger partial charge < -0.3 is 9.84 Å². The highest BCUT2D eigenvalue weighted by atomic mass is 32.2. The van der Waals surface area contributed by atoms with Crippen LogP contribution in [0.4, 0.5) is 0 Å². The Labute approximate surface area is 102 Å². The number of carbonyl (C=O) groups excluding carboxylic acids is 1. The maximum Gasteiger partial charge on any atom is 0.316 e. The van der Waals surface area contributed by atoms with Crippen molar-refractivity contribution in [1.82, 2.24) is 0 Å². The van der Waals surface area contributed by atoms with Crippen molar-refractivity contribution in [3.8, 4) is 0 Å². The highest BCUT2D eigenvalue weighted by molar-refractivity contribution is 8.00. The molecule has 2 atom stereocenters. The van der Waals surface area contributed by atoms with Gasteiger partial charge in [-0.15, -0.1) is 11.8 Å². The normalized spacial score (nSPS) is 26.5. The molecule has 1 N–H and O–H groups in total. The monoisotopic (exact) mass is 246 g/mol. The zero-order chi connectivity index (χ0) is 12.2. The Morgan fingerprint density at radius 3 is 2.56 bits per heavy atom. The smallest absolute Gasteiger partial charge is 0.316 e. The van der Waals surface area contributed by atoms with E-state index in [2.05, 4.69) is 0 Å². The summed E-state index contributed by atoms with van der Waals surface area (Å²) in [5.74, 6) is 0.161. The summed E-state index contributed by atoms with van der Waals surface area (Å²) in [4.78, 5) is 11.5. The van der Waals surface area contributed by atoms with Gasteiger partial charge in [-0.3, -0.25) is 4.79 Å². The fourth-order valence-corrected chi connectivity index (χ4v) is 2.92. The summed E-state index contributed by atoms with van der Waals surface area (Å²) in [5, 5.41) is 9.95. The summed E-state index contributed by atoms with van der Waals surface area (Å²) in [6.07, 6.45) is 3.88. The molecule has 0 unspecified atom stereocenters. The van der Waals surface area contributed by atoms with Crippen molar-refractivity contribution in [1.29, 1.82) is 0 Å². The predicted octanol–water partition coefficient (Wildman–Crippen LogP) is 2.36. The predicted molar refractivity (Wildman–Crippen MR) is 66.6 cm³/mol. The molecule has 1 saturated carbocycles. The zero-order valence-corrected chi connectivity index (χ0v) is 11.2. The molecule has 0 aliphatic heterocycles. The molecule has 3 nitrogen and oxygen atoms in total. The van der Waals surface area contributed by atoms with Crippen molar-refractivity contribution in [2.45, 2.75) is 63.4 Å². The van der Waals surface area contributed by atoms with E-state index in [9.17, 15) is 9.90 Å². The molecule has 4 heteroatoms. The number of thioether (sulfide) groups is 1. The first kappa shape index (κ1) is 13.8. The lowest BCUT2D eigenvalue weighted by Gasteiger charge is -2.27. The molecule has 1 aliphatic carbocycles. The van der Waals surface area contributed by atoms with Crippen LogP contribution in [0.5, 0.6) is 0 Å². The number of esters is 1. The van der Waals surface area contributed by atoms with E-state index in [1.54, 1.807) is 0 Å². The van der Waals surface area contributed by atoms with E-state index in [-0.39, 0.29) is 17.3 Å². The van der Waals surface area contributed by atoms with Crippen molar-refractivity contribution in [2.24, 2.45) is 0 Å². The van der Waals surface area contributed by atoms with Crippen molar-refractivity contribution in [2.75, 3.05) is 5.75 Å². The van der Waals surface area contributed by atoms with Gasteiger partial charge in [0.25, 0.3) is 0 Å². The average Bonchev–Trinajstić information content (AvgIpc) is 2.14. The molecule has 0 heterocycles. The lowest BCUT2D eigenvalue weighted by atomic mass is 9.97. The number of carbonyl (C=O) groups is 1. The van der Waals surface area contributed by atoms with Gasteiger partial charge in [0, 0.05) is 5.25 Å². The van der Waals surface area contributed by atoms with Gasteiger partial charge in [0.1, 0.15) is 5.60 Å². The molecule has 0 aromatic carbocycles. The van der Waals surface area contributed by atoms with Crippen molar-refractivity contribution in [3.05, 3.63) is 0 Å². The van der Waals surface area contributed by atoms with Crippen molar-refractivity contribution < 1.29 is 14.6 Å². The van der Waals surface area contributed by atoms with Crippen LogP contribution in [-0.2, 0) is 9.53 Å². The number of hydrogen-bond donors (Lipinski definition) is 1. The summed E-state index contributed by atoms with van der Waals surface area (Å²) >= 11 is 1.53. The summed E-state index contributed by atoms with van der Waals surface area (Å²) in [6, 6.07) is 0. The van der Waals surface area contributed by atoms with E-state index in [1.807, 2.05) is 20.8 Å². The quantitative estimate of drug-likeness (QED) is 0.777. The van der Waals surface area contributed by atoms with Gasteiger partial charge in [-0.2, -0.15) is 0 Å². The Kier molecular flexibility index (Phi) is 5.12. The Morgan fingerprint density at radius 2 is 2.00 bits per heavy atom. The number of rotatable bonds is 3. The fourth-order valence-electron chi connectivity index (χ4n) is 1.82. The van der Waals surface area contributed by atoms with Crippen LogP contribution in [0, 0.1) is 0 Å². The second-order valence-electron chi connectivity index (χ2n) is 5.29. The van der Waals surface area contributed by atoms with Gasteiger partial charge >= 0.3 is 5.97 Å². The summed E-state index contributed by atoms with van der Waals surface area (Å²) < 4.78 is 5.22. The van der Waals surface area contributed by atoms with Crippen LogP contribution < -0.4 is 0 Å². The highest BCUT2D eigenvalue weighted by Crippen LogP contribution is 2.28. The van der Waals surface area contributed by atoms with Gasteiger partial charge in [0.15, 0.2) is 0 Å². The van der Waals surface area contributed by atoms with Crippen molar-refractivity contribution >= 4 is 17.7 Å². The third-order valence-electron chi connectivity index (χ3n) is 2.50. The van der Waals surface area contributed by atoms with Crippen LogP contribution >= 0.6 is 11.8 Å². The van der Waals surface area contributed by atoms with Gasteiger partial charge in [0.2, 0.25) is 0 Å². The number of hydrogen-bond acceptors (Lipinski definition) is 4. The molecular weight excluding hydrogens is 224 g/mol. The Balaban J connectivity index is 2.25. The number of aliphatic hydroxyl groups excluding tert-OH is 1. The van der Waals surface area contributed by atoms with Crippen LogP contribution in [0.1, 0.15) is 46.5 Å². The summed E-state index contributed by atoms with van der Waals surface area (Å²) in [6.45, 7) is 5.60. The SMILES string of the molecule is CC(C)(C)OC(=O)CS[C@H]1CCCC[C@@H]1O. The third kappa shape index (κ3) is 5.21. The molecule has 0 spiro atoms. The molecule has 0 aromatic rings. The molecule has 0 radical (unpaired) electrons. The molecule has 1 aliphatic rings. The minimum Gasteiger partial charge on any atom is -0.459 e. The molecule has 16 heavy (non-hydrogen) atoms. The first-order valence-corrected chi connectivity index (χ1v) is 6.95. The Hall–Kier alpha value is -0.220. The highest BCUT2D eigenvalue weighted by Gasteiger charge is 2.25. The minimum absolute atomic E-state index is 0.185. The molecule has 1 rings (SSSR count). The van der Waals surface area contributed by atoms with E-state index in [0.717, 1.165) is 25.7 Å². The number of aliphatic hydroxyl groups is 1. The van der Waals surface area contributed by atoms with Gasteiger partial charge in [0.05, 0.1) is 11.9 Å². The molecule has 0 amide bonds. The third-order valence-corrected chi connectivity index (χ3v) is 3.88. The van der Waals surface area contributed by atoms with E-state index >= 15 is 0 Å². The van der Waals surface area contributed by atoms with E-state index in [0.29, 0.717) is 5.75 Å². The summed E-state index contributed by atoms with van der Waals surface area (Å²) in [7, 11) is 0. The van der Waals surface area contributed by atoms with Crippen LogP contribution in [0.25, 0.3) is 0 Å². The van der Waals surface area contributed by atoms with E-state index < -0.39 is 5.60 Å². The van der Waals surface area contributed by atoms with Gasteiger partial charge in [-0.1, -0.05) is 12.8 Å². The Bertz CT molecular complexity index is 235. The second kappa shape index (κ2) is 5.92. The average molecular weight is 246 g/mol. The maximum absolute atomic E-state index is 11.5. The maximum atomic E-state index is 11.5. The molecule has 94 valence electrons. The summed E-state index contributed by atoms with van der Waals surface area (Å²) in [5.41, 5.74) is -0.414. The lowest BCUT2D eigenvalue weighted by molar-refractivity contribution is -0.151. The van der Waals surface area contributed by atoms with Crippen LogP contribution in [-0.4, -0.2) is 33.8 Å². The van der Waals surface area contributed by atoms with E-state index in [4.69, 9.17) is 4.74 Å². The van der Waals surface area contributed by atoms with Crippen LogP contribution in [0.15, 0.2) is 0 Å². The standard InChI is InChI=1S/C12H22O3S/c1-12(2,3)15-11(14)8-16-10-7-5-4-6-9(10)13/h9-10,13H,4-8H2,1-3H3/t9-,10-/m0/s1. The van der Waals surface area contributed by atoms with Crippen LogP contribution in [0.3, 0.4) is 0 Å². The zero-order valence-electron chi connectivity index (χ0n) is 10.4. The minimum atomic E-state index is -0.414. The second-order valence-corrected chi connectivity index (χ2v) is 6.52. The first-order chi connectivity index (χ1) is 7.38. The fraction of sp³-hybridized carbons (Fsp3) is 0.917. The Morgan fingerprint density at radius 1 is 1.38 bits per heavy atom. The molecule has 0 aromatic heterocycles. The van der Waals surface area contributed by atoms with Gasteiger partial charge in [-0.05, 0) is 33.6 Å². The first-order valence-electron chi connectivity index (χ1n) is 5.90. The van der Waals surface area contributed by atoms with Crippen molar-refractivity contribution in [3.63, 3.8) is 0 Å². The molecule has 1 fully saturated rings. The molecular formula is C12H22O3S. The van der Waals surface area contributed by atoms with Gasteiger partial charge in [-0.25, -0.2) is 0 Å². The number of ether oxygens (including phenoxy) is 1. The molecule has 0 bridgehead atoms. The lowest BCUT2D eigenvalue weighted by Crippen LogP contribution is -2.30. The van der Waals surface area contributed by atoms with E-state index in [1.165, 1.54) is 11.8 Å². The largest absolute Gasteiger partial charge is 0.459 e. The van der Waals surface area contributed by atoms with Crippen LogP contribution in [0.2, 0.25) is 0 Å². The topological polar surface area (TPSA) is 46.5 Å². The molecule has 0 saturated heterocycles.